The quantitative estimate of drug-likeness (QED) is 0.771. The second-order valence-corrected chi connectivity index (χ2v) is 8.20. The smallest absolute Gasteiger partial charge is 0.280 e. The highest BCUT2D eigenvalue weighted by atomic mass is 19.1. The van der Waals surface area contributed by atoms with E-state index in [4.69, 9.17) is 0 Å². The molecule has 0 aliphatic heterocycles. The number of pyridine rings is 1. The van der Waals surface area contributed by atoms with Crippen LogP contribution in [-0.4, -0.2) is 16.9 Å². The zero-order chi connectivity index (χ0) is 19.1. The summed E-state index contributed by atoms with van der Waals surface area (Å²) in [6, 6.07) is 6.63. The number of benzene rings is 1. The number of carbonyl (C=O) groups is 1. The Morgan fingerprint density at radius 1 is 1.19 bits per heavy atom. The van der Waals surface area contributed by atoms with Gasteiger partial charge in [-0.25, -0.2) is 8.78 Å². The number of hydrogen-bond acceptors (Lipinski definition) is 2. The third-order valence-corrected chi connectivity index (χ3v) is 5.97. The van der Waals surface area contributed by atoms with Crippen LogP contribution >= 0.6 is 0 Å². The number of amides is 1. The van der Waals surface area contributed by atoms with Crippen LogP contribution in [0.5, 0.6) is 0 Å². The van der Waals surface area contributed by atoms with E-state index in [1.807, 2.05) is 19.9 Å². The number of aromatic nitrogens is 1. The molecule has 5 heteroatoms. The number of carbonyl (C=O) groups excluding carboxylic acids is 1. The zero-order valence-corrected chi connectivity index (χ0v) is 15.6. The van der Waals surface area contributed by atoms with E-state index in [1.165, 1.54) is 6.07 Å². The van der Waals surface area contributed by atoms with E-state index in [1.54, 1.807) is 18.3 Å². The SMILES string of the molecule is CC(C)NC(=O)C(F)=C1C[C@@H]2CC(c3ccnc4ccc(F)cc34)C[C@@H]2C1. The van der Waals surface area contributed by atoms with Crippen molar-refractivity contribution < 1.29 is 13.6 Å². The van der Waals surface area contributed by atoms with Gasteiger partial charge in [-0.2, -0.15) is 0 Å². The Labute approximate surface area is 157 Å². The van der Waals surface area contributed by atoms with Crippen LogP contribution in [0.1, 0.15) is 51.0 Å². The highest BCUT2D eigenvalue weighted by molar-refractivity contribution is 5.92. The fourth-order valence-corrected chi connectivity index (χ4v) is 4.84. The molecule has 27 heavy (non-hydrogen) atoms. The van der Waals surface area contributed by atoms with Crippen molar-refractivity contribution in [2.45, 2.75) is 51.5 Å². The predicted octanol–water partition coefficient (Wildman–Crippen LogP) is 5.03. The second-order valence-electron chi connectivity index (χ2n) is 8.20. The highest BCUT2D eigenvalue weighted by Crippen LogP contribution is 2.53. The Kier molecular flexibility index (Phi) is 4.70. The Morgan fingerprint density at radius 2 is 1.89 bits per heavy atom. The normalized spacial score (nSPS) is 26.5. The largest absolute Gasteiger partial charge is 0.348 e. The summed E-state index contributed by atoms with van der Waals surface area (Å²) in [4.78, 5) is 16.3. The van der Waals surface area contributed by atoms with Gasteiger partial charge < -0.3 is 5.32 Å². The van der Waals surface area contributed by atoms with E-state index < -0.39 is 11.7 Å². The van der Waals surface area contributed by atoms with E-state index in [0.29, 0.717) is 36.2 Å². The first-order valence-corrected chi connectivity index (χ1v) is 9.65. The summed E-state index contributed by atoms with van der Waals surface area (Å²) in [5.41, 5.74) is 2.60. The van der Waals surface area contributed by atoms with E-state index in [9.17, 15) is 13.6 Å². The maximum Gasteiger partial charge on any atom is 0.280 e. The summed E-state index contributed by atoms with van der Waals surface area (Å²) in [6.45, 7) is 3.65. The fourth-order valence-electron chi connectivity index (χ4n) is 4.84. The molecule has 142 valence electrons. The van der Waals surface area contributed by atoms with Gasteiger partial charge in [0.1, 0.15) is 5.82 Å². The lowest BCUT2D eigenvalue weighted by atomic mass is 9.91. The van der Waals surface area contributed by atoms with Gasteiger partial charge in [-0.05, 0) is 92.7 Å². The molecule has 0 bridgehead atoms. The van der Waals surface area contributed by atoms with E-state index >= 15 is 0 Å². The third kappa shape index (κ3) is 3.47. The number of fused-ring (bicyclic) bond motifs is 2. The number of rotatable bonds is 3. The topological polar surface area (TPSA) is 42.0 Å². The van der Waals surface area contributed by atoms with Crippen molar-refractivity contribution in [2.75, 3.05) is 0 Å². The molecule has 1 aromatic heterocycles. The molecule has 2 saturated carbocycles. The standard InChI is InChI=1S/C22H24F2N2O/c1-12(2)26-22(27)21(24)16-9-13-7-15(8-14(13)10-16)18-5-6-25-20-4-3-17(23)11-19(18)20/h3-6,11-15H,7-10H2,1-2H3,(H,26,27)/t13-,14+,15?. The van der Waals surface area contributed by atoms with Gasteiger partial charge in [-0.3, -0.25) is 9.78 Å². The molecule has 0 radical (unpaired) electrons. The molecule has 1 amide bonds. The Balaban J connectivity index is 1.53. The minimum absolute atomic E-state index is 0.0745. The molecule has 2 aromatic rings. The molecule has 1 aromatic carbocycles. The zero-order valence-electron chi connectivity index (χ0n) is 15.6. The second kappa shape index (κ2) is 7.02. The van der Waals surface area contributed by atoms with Gasteiger partial charge in [0, 0.05) is 17.6 Å². The average molecular weight is 370 g/mol. The van der Waals surface area contributed by atoms with Crippen molar-refractivity contribution in [1.29, 1.82) is 0 Å². The summed E-state index contributed by atoms with van der Waals surface area (Å²) >= 11 is 0. The Bertz CT molecular complexity index is 906. The summed E-state index contributed by atoms with van der Waals surface area (Å²) in [7, 11) is 0. The third-order valence-electron chi connectivity index (χ3n) is 5.97. The summed E-state index contributed by atoms with van der Waals surface area (Å²) in [5.74, 6) is -0.322. The summed E-state index contributed by atoms with van der Waals surface area (Å²) < 4.78 is 28.2. The molecule has 0 saturated heterocycles. The number of hydrogen-bond donors (Lipinski definition) is 1. The van der Waals surface area contributed by atoms with Gasteiger partial charge in [0.2, 0.25) is 0 Å². The number of allylic oxidation sites excluding steroid dienone is 1. The number of nitrogens with zero attached hydrogens (tertiary/aromatic N) is 1. The molecule has 4 rings (SSSR count). The molecular weight excluding hydrogens is 346 g/mol. The number of halogens is 2. The Morgan fingerprint density at radius 3 is 2.56 bits per heavy atom. The van der Waals surface area contributed by atoms with E-state index in [-0.39, 0.29) is 11.9 Å². The Hall–Kier alpha value is -2.30. The van der Waals surface area contributed by atoms with E-state index in [0.717, 1.165) is 29.3 Å². The summed E-state index contributed by atoms with van der Waals surface area (Å²) in [6.07, 6.45) is 4.97. The lowest BCUT2D eigenvalue weighted by molar-refractivity contribution is -0.119. The van der Waals surface area contributed by atoms with Crippen molar-refractivity contribution in [3.8, 4) is 0 Å². The van der Waals surface area contributed by atoms with Crippen molar-refractivity contribution >= 4 is 16.8 Å². The molecule has 2 fully saturated rings. The first-order valence-electron chi connectivity index (χ1n) is 9.65. The van der Waals surface area contributed by atoms with Gasteiger partial charge >= 0.3 is 0 Å². The van der Waals surface area contributed by atoms with Crippen molar-refractivity contribution in [3.05, 3.63) is 53.2 Å². The summed E-state index contributed by atoms with van der Waals surface area (Å²) in [5, 5.41) is 3.51. The van der Waals surface area contributed by atoms with Gasteiger partial charge in [0.15, 0.2) is 5.83 Å². The molecule has 3 nitrogen and oxygen atoms in total. The van der Waals surface area contributed by atoms with E-state index in [2.05, 4.69) is 10.3 Å². The molecule has 1 N–H and O–H groups in total. The van der Waals surface area contributed by atoms with Crippen LogP contribution in [0.15, 0.2) is 41.9 Å². The van der Waals surface area contributed by atoms with Crippen LogP contribution in [0, 0.1) is 17.7 Å². The predicted molar refractivity (Wildman–Crippen MR) is 101 cm³/mol. The van der Waals surface area contributed by atoms with Crippen LogP contribution in [0.2, 0.25) is 0 Å². The molecule has 0 spiro atoms. The molecule has 1 heterocycles. The lowest BCUT2D eigenvalue weighted by Crippen LogP contribution is -2.30. The van der Waals surface area contributed by atoms with Crippen LogP contribution in [0.3, 0.4) is 0 Å². The lowest BCUT2D eigenvalue weighted by Gasteiger charge is -2.15. The van der Waals surface area contributed by atoms with Gasteiger partial charge in [0.25, 0.3) is 5.91 Å². The fraction of sp³-hybridized carbons (Fsp3) is 0.455. The molecule has 2 aliphatic carbocycles. The first-order chi connectivity index (χ1) is 12.9. The monoisotopic (exact) mass is 370 g/mol. The first kappa shape index (κ1) is 18.1. The van der Waals surface area contributed by atoms with Crippen LogP contribution in [-0.2, 0) is 4.79 Å². The van der Waals surface area contributed by atoms with Crippen LogP contribution in [0.25, 0.3) is 10.9 Å². The average Bonchev–Trinajstić information content (AvgIpc) is 3.18. The van der Waals surface area contributed by atoms with Gasteiger partial charge in [0.05, 0.1) is 5.52 Å². The van der Waals surface area contributed by atoms with Crippen molar-refractivity contribution in [2.24, 2.45) is 11.8 Å². The molecule has 2 aliphatic rings. The van der Waals surface area contributed by atoms with Crippen molar-refractivity contribution in [3.63, 3.8) is 0 Å². The minimum Gasteiger partial charge on any atom is -0.348 e. The highest BCUT2D eigenvalue weighted by Gasteiger charge is 2.41. The maximum atomic E-state index is 14.5. The van der Waals surface area contributed by atoms with Crippen LogP contribution < -0.4 is 5.32 Å². The number of nitrogens with one attached hydrogen (secondary N) is 1. The molecule has 1 unspecified atom stereocenters. The van der Waals surface area contributed by atoms with Crippen LogP contribution in [0.4, 0.5) is 8.78 Å². The van der Waals surface area contributed by atoms with Gasteiger partial charge in [-0.1, -0.05) is 0 Å². The maximum absolute atomic E-state index is 14.5. The van der Waals surface area contributed by atoms with Gasteiger partial charge in [-0.15, -0.1) is 0 Å². The molecular formula is C22H24F2N2O. The molecule has 3 atom stereocenters. The van der Waals surface area contributed by atoms with Crippen molar-refractivity contribution in [1.82, 2.24) is 10.3 Å². The minimum atomic E-state index is -0.592.